The Labute approximate surface area is 187 Å². The first-order chi connectivity index (χ1) is 15.3. The summed E-state index contributed by atoms with van der Waals surface area (Å²) in [7, 11) is -2.28. The molecule has 9 heteroatoms. The fourth-order valence-corrected chi connectivity index (χ4v) is 4.28. The van der Waals surface area contributed by atoms with Crippen LogP contribution in [-0.4, -0.2) is 46.0 Å². The predicted molar refractivity (Wildman–Crippen MR) is 125 cm³/mol. The summed E-state index contributed by atoms with van der Waals surface area (Å²) in [5.41, 5.74) is 3.47. The van der Waals surface area contributed by atoms with E-state index in [9.17, 15) is 9.47 Å². The molecule has 0 aliphatic carbocycles. The first-order valence-electron chi connectivity index (χ1n) is 10.3. The highest BCUT2D eigenvalue weighted by atomic mass is 32.2. The number of hydrogen-bond donors (Lipinski definition) is 1. The third kappa shape index (κ3) is 5.15. The van der Waals surface area contributed by atoms with Gasteiger partial charge in [0.1, 0.15) is 24.0 Å². The van der Waals surface area contributed by atoms with Crippen LogP contribution in [0.4, 0.5) is 17.2 Å². The normalized spacial score (nSPS) is 14.7. The van der Waals surface area contributed by atoms with E-state index in [1.807, 2.05) is 19.1 Å². The van der Waals surface area contributed by atoms with Crippen molar-refractivity contribution in [2.24, 2.45) is 4.36 Å². The lowest BCUT2D eigenvalue weighted by Crippen LogP contribution is -2.26. The number of aromatic nitrogens is 2. The fraction of sp³-hybridized carbons (Fsp3) is 0.348. The molecule has 0 saturated carbocycles. The molecule has 0 spiro atoms. The SMILES string of the molecule is Cc1cc(N=S(C)(C)=O)cc2ncnc(Nc3ccc(C#N)cc3OC3CCOCC3)c12. The van der Waals surface area contributed by atoms with Crippen molar-refractivity contribution in [2.75, 3.05) is 31.0 Å². The van der Waals surface area contributed by atoms with Gasteiger partial charge in [0.25, 0.3) is 0 Å². The molecule has 32 heavy (non-hydrogen) atoms. The summed E-state index contributed by atoms with van der Waals surface area (Å²) < 4.78 is 28.1. The van der Waals surface area contributed by atoms with Crippen molar-refractivity contribution in [2.45, 2.75) is 25.9 Å². The Morgan fingerprint density at radius 1 is 1.22 bits per heavy atom. The standard InChI is InChI=1S/C23H25N5O3S/c1-15-10-17(28-32(2,3)29)12-20-22(15)23(26-14-25-20)27-19-5-4-16(13-24)11-21(19)31-18-6-8-30-9-7-18/h4-5,10-12,14,18H,6-9H2,1-3H3,(H,25,26,27). The molecule has 1 saturated heterocycles. The fourth-order valence-electron chi connectivity index (χ4n) is 3.67. The monoisotopic (exact) mass is 451 g/mol. The van der Waals surface area contributed by atoms with Gasteiger partial charge in [-0.15, -0.1) is 0 Å². The third-order valence-corrected chi connectivity index (χ3v) is 5.72. The summed E-state index contributed by atoms with van der Waals surface area (Å²) in [5.74, 6) is 1.22. The van der Waals surface area contributed by atoms with Gasteiger partial charge in [0.2, 0.25) is 0 Å². The third-order valence-electron chi connectivity index (χ3n) is 5.07. The zero-order chi connectivity index (χ0) is 22.7. The molecule has 4 rings (SSSR count). The summed E-state index contributed by atoms with van der Waals surface area (Å²) in [6.07, 6.45) is 6.32. The van der Waals surface area contributed by atoms with E-state index in [2.05, 4.69) is 25.7 Å². The van der Waals surface area contributed by atoms with Crippen molar-refractivity contribution in [3.63, 3.8) is 0 Å². The van der Waals surface area contributed by atoms with Gasteiger partial charge in [0, 0.05) is 46.5 Å². The molecule has 0 bridgehead atoms. The Morgan fingerprint density at radius 2 is 2.00 bits per heavy atom. The average molecular weight is 452 g/mol. The number of rotatable bonds is 5. The summed E-state index contributed by atoms with van der Waals surface area (Å²) in [4.78, 5) is 8.83. The number of anilines is 2. The van der Waals surface area contributed by atoms with E-state index in [4.69, 9.17) is 9.47 Å². The molecule has 8 nitrogen and oxygen atoms in total. The number of benzene rings is 2. The zero-order valence-electron chi connectivity index (χ0n) is 18.3. The van der Waals surface area contributed by atoms with Crippen molar-refractivity contribution in [1.82, 2.24) is 9.97 Å². The van der Waals surface area contributed by atoms with Gasteiger partial charge in [-0.1, -0.05) is 0 Å². The van der Waals surface area contributed by atoms with Crippen LogP contribution in [0.5, 0.6) is 5.75 Å². The summed E-state index contributed by atoms with van der Waals surface area (Å²) >= 11 is 0. The van der Waals surface area contributed by atoms with Crippen molar-refractivity contribution in [3.8, 4) is 11.8 Å². The van der Waals surface area contributed by atoms with Crippen molar-refractivity contribution in [3.05, 3.63) is 47.8 Å². The number of nitrogens with zero attached hydrogens (tertiary/aromatic N) is 4. The van der Waals surface area contributed by atoms with E-state index >= 15 is 0 Å². The van der Waals surface area contributed by atoms with Crippen LogP contribution in [0, 0.1) is 18.3 Å². The topological polar surface area (TPSA) is 109 Å². The number of nitrogens with one attached hydrogen (secondary N) is 1. The number of ether oxygens (including phenoxy) is 2. The van der Waals surface area contributed by atoms with Gasteiger partial charge in [0.15, 0.2) is 0 Å². The van der Waals surface area contributed by atoms with E-state index in [0.717, 1.165) is 23.8 Å². The molecule has 2 aromatic carbocycles. The van der Waals surface area contributed by atoms with Gasteiger partial charge in [-0.3, -0.25) is 0 Å². The number of fused-ring (bicyclic) bond motifs is 1. The number of hydrogen-bond acceptors (Lipinski definition) is 8. The Morgan fingerprint density at radius 3 is 2.72 bits per heavy atom. The highest BCUT2D eigenvalue weighted by Gasteiger charge is 2.18. The van der Waals surface area contributed by atoms with Crippen molar-refractivity contribution >= 4 is 37.8 Å². The molecule has 1 aliphatic rings. The molecule has 2 heterocycles. The Bertz CT molecular complexity index is 1310. The quantitative estimate of drug-likeness (QED) is 0.609. The van der Waals surface area contributed by atoms with Gasteiger partial charge in [-0.05, 0) is 36.8 Å². The number of aryl methyl sites for hydroxylation is 1. The Balaban J connectivity index is 1.73. The van der Waals surface area contributed by atoms with Crippen LogP contribution in [0.15, 0.2) is 41.0 Å². The smallest absolute Gasteiger partial charge is 0.144 e. The first-order valence-corrected chi connectivity index (χ1v) is 12.6. The van der Waals surface area contributed by atoms with Gasteiger partial charge in [-0.2, -0.15) is 9.62 Å². The largest absolute Gasteiger partial charge is 0.488 e. The van der Waals surface area contributed by atoms with E-state index in [-0.39, 0.29) is 6.10 Å². The van der Waals surface area contributed by atoms with Gasteiger partial charge >= 0.3 is 0 Å². The lowest BCUT2D eigenvalue weighted by atomic mass is 10.1. The maximum atomic E-state index is 12.1. The number of nitriles is 1. The first kappa shape index (κ1) is 22.0. The molecule has 0 unspecified atom stereocenters. The maximum Gasteiger partial charge on any atom is 0.144 e. The molecule has 1 aliphatic heterocycles. The van der Waals surface area contributed by atoms with Crippen LogP contribution >= 0.6 is 0 Å². The Kier molecular flexibility index (Phi) is 6.26. The van der Waals surface area contributed by atoms with Crippen LogP contribution in [0.25, 0.3) is 10.9 Å². The van der Waals surface area contributed by atoms with Crippen LogP contribution in [-0.2, 0) is 14.5 Å². The molecule has 0 amide bonds. The minimum atomic E-state index is -2.28. The highest BCUT2D eigenvalue weighted by Crippen LogP contribution is 2.34. The van der Waals surface area contributed by atoms with E-state index < -0.39 is 9.73 Å². The van der Waals surface area contributed by atoms with Crippen LogP contribution in [0.3, 0.4) is 0 Å². The molecule has 166 valence electrons. The summed E-state index contributed by atoms with van der Waals surface area (Å²) in [6.45, 7) is 3.27. The second-order valence-electron chi connectivity index (χ2n) is 8.03. The molecule has 1 fully saturated rings. The minimum absolute atomic E-state index is 0.0317. The lowest BCUT2D eigenvalue weighted by Gasteiger charge is -2.25. The van der Waals surface area contributed by atoms with Crippen molar-refractivity contribution < 1.29 is 13.7 Å². The molecular formula is C23H25N5O3S. The second kappa shape index (κ2) is 9.10. The molecule has 0 radical (unpaired) electrons. The van der Waals surface area contributed by atoms with Crippen LogP contribution in [0.1, 0.15) is 24.0 Å². The second-order valence-corrected chi connectivity index (χ2v) is 10.6. The van der Waals surface area contributed by atoms with Gasteiger partial charge in [0.05, 0.1) is 41.7 Å². The molecule has 0 atom stereocenters. The Hall–Kier alpha value is -3.22. The minimum Gasteiger partial charge on any atom is -0.488 e. The van der Waals surface area contributed by atoms with Gasteiger partial charge in [-0.25, -0.2) is 14.2 Å². The zero-order valence-corrected chi connectivity index (χ0v) is 19.1. The van der Waals surface area contributed by atoms with Gasteiger partial charge < -0.3 is 14.8 Å². The average Bonchev–Trinajstić information content (AvgIpc) is 2.74. The molecule has 1 aromatic heterocycles. The lowest BCUT2D eigenvalue weighted by molar-refractivity contribution is 0.0258. The summed E-state index contributed by atoms with van der Waals surface area (Å²) in [6, 6.07) is 11.2. The predicted octanol–water partition coefficient (Wildman–Crippen LogP) is 4.47. The van der Waals surface area contributed by atoms with Crippen LogP contribution in [0.2, 0.25) is 0 Å². The molecule has 1 N–H and O–H groups in total. The molecule has 3 aromatic rings. The van der Waals surface area contributed by atoms with E-state index in [1.54, 1.807) is 30.7 Å². The summed E-state index contributed by atoms with van der Waals surface area (Å²) in [5, 5.41) is 13.5. The molecular weight excluding hydrogens is 426 g/mol. The van der Waals surface area contributed by atoms with E-state index in [1.165, 1.54) is 6.33 Å². The maximum absolute atomic E-state index is 12.1. The van der Waals surface area contributed by atoms with Crippen molar-refractivity contribution in [1.29, 1.82) is 5.26 Å². The van der Waals surface area contributed by atoms with Crippen LogP contribution < -0.4 is 10.1 Å². The highest BCUT2D eigenvalue weighted by molar-refractivity contribution is 7.92. The van der Waals surface area contributed by atoms with E-state index in [0.29, 0.717) is 47.2 Å².